The van der Waals surface area contributed by atoms with Crippen LogP contribution < -0.4 is 15.2 Å². The number of nitrogens with two attached hydrogens (primary N) is 1. The number of hydrogen-bond donors (Lipinski definition) is 2. The van der Waals surface area contributed by atoms with Gasteiger partial charge in [-0.3, -0.25) is 0 Å². The van der Waals surface area contributed by atoms with E-state index in [1.165, 1.54) is 13.2 Å². The highest BCUT2D eigenvalue weighted by molar-refractivity contribution is 7.89. The van der Waals surface area contributed by atoms with E-state index in [-0.39, 0.29) is 10.4 Å². The molecule has 0 radical (unpaired) electrons. The summed E-state index contributed by atoms with van der Waals surface area (Å²) < 4.78 is 32.4. The van der Waals surface area contributed by atoms with Crippen LogP contribution in [0.5, 0.6) is 5.75 Å². The molecule has 0 heterocycles. The van der Waals surface area contributed by atoms with E-state index < -0.39 is 10.0 Å². The van der Waals surface area contributed by atoms with Crippen LogP contribution in [0.3, 0.4) is 0 Å². The van der Waals surface area contributed by atoms with Gasteiger partial charge in [-0.05, 0) is 44.4 Å². The molecule has 2 rings (SSSR count). The number of nitrogens with one attached hydrogen (secondary N) is 1. The Kier molecular flexibility index (Phi) is 3.03. The number of ether oxygens (including phenoxy) is 1. The van der Waals surface area contributed by atoms with Gasteiger partial charge in [0, 0.05) is 11.2 Å². The first-order valence-electron chi connectivity index (χ1n) is 5.75. The van der Waals surface area contributed by atoms with Crippen molar-refractivity contribution in [2.75, 3.05) is 12.8 Å². The molecule has 0 aliphatic heterocycles. The Morgan fingerprint density at radius 3 is 2.50 bits per heavy atom. The Morgan fingerprint density at radius 2 is 2.00 bits per heavy atom. The molecule has 1 fully saturated rings. The molecule has 1 saturated carbocycles. The van der Waals surface area contributed by atoms with Gasteiger partial charge in [0.25, 0.3) is 0 Å². The van der Waals surface area contributed by atoms with Gasteiger partial charge in [-0.2, -0.15) is 0 Å². The summed E-state index contributed by atoms with van der Waals surface area (Å²) in [5, 5.41) is 0. The summed E-state index contributed by atoms with van der Waals surface area (Å²) in [6, 6.07) is 3.08. The van der Waals surface area contributed by atoms with Gasteiger partial charge < -0.3 is 10.5 Å². The van der Waals surface area contributed by atoms with Crippen molar-refractivity contribution < 1.29 is 13.2 Å². The molecule has 0 atom stereocenters. The third-order valence-electron chi connectivity index (χ3n) is 3.22. The molecular weight excluding hydrogens is 252 g/mol. The van der Waals surface area contributed by atoms with E-state index in [1.807, 2.05) is 13.8 Å². The van der Waals surface area contributed by atoms with Crippen molar-refractivity contribution in [2.24, 2.45) is 0 Å². The van der Waals surface area contributed by atoms with Crippen LogP contribution in [0.2, 0.25) is 0 Å². The number of hydrogen-bond acceptors (Lipinski definition) is 4. The lowest BCUT2D eigenvalue weighted by Gasteiger charge is -2.16. The van der Waals surface area contributed by atoms with Gasteiger partial charge in [-0.25, -0.2) is 13.1 Å². The number of methoxy groups -OCH3 is 1. The molecule has 0 unspecified atom stereocenters. The van der Waals surface area contributed by atoms with Crippen molar-refractivity contribution in [3.63, 3.8) is 0 Å². The third-order valence-corrected chi connectivity index (χ3v) is 4.88. The number of anilines is 1. The molecule has 100 valence electrons. The van der Waals surface area contributed by atoms with Gasteiger partial charge in [0.1, 0.15) is 10.6 Å². The molecule has 18 heavy (non-hydrogen) atoms. The Labute approximate surface area is 107 Å². The van der Waals surface area contributed by atoms with Crippen LogP contribution in [-0.4, -0.2) is 21.1 Å². The number of sulfonamides is 1. The fourth-order valence-electron chi connectivity index (χ4n) is 1.72. The maximum Gasteiger partial charge on any atom is 0.244 e. The first-order chi connectivity index (χ1) is 8.27. The maximum atomic E-state index is 12.3. The zero-order valence-corrected chi connectivity index (χ0v) is 11.6. The van der Waals surface area contributed by atoms with Crippen LogP contribution in [-0.2, 0) is 10.0 Å². The highest BCUT2D eigenvalue weighted by Crippen LogP contribution is 2.37. The molecule has 1 aromatic carbocycles. The standard InChI is InChI=1S/C12H18N2O3S/c1-8-6-10(17-3)11(7-9(8)13)18(15,16)14-12(2)4-5-12/h6-7,14H,4-5,13H2,1-3H3. The van der Waals surface area contributed by atoms with Crippen LogP contribution >= 0.6 is 0 Å². The van der Waals surface area contributed by atoms with Crippen molar-refractivity contribution in [2.45, 2.75) is 37.1 Å². The molecular formula is C12H18N2O3S. The fourth-order valence-corrected chi connectivity index (χ4v) is 3.37. The fraction of sp³-hybridized carbons (Fsp3) is 0.500. The van der Waals surface area contributed by atoms with Crippen LogP contribution in [0.4, 0.5) is 5.69 Å². The van der Waals surface area contributed by atoms with Crippen molar-refractivity contribution in [3.8, 4) is 5.75 Å². The summed E-state index contributed by atoms with van der Waals surface area (Å²) in [5.41, 5.74) is 6.69. The molecule has 6 heteroatoms. The molecule has 3 N–H and O–H groups in total. The largest absolute Gasteiger partial charge is 0.495 e. The van der Waals surface area contributed by atoms with Gasteiger partial charge >= 0.3 is 0 Å². The first kappa shape index (κ1) is 13.2. The van der Waals surface area contributed by atoms with Crippen molar-refractivity contribution in [3.05, 3.63) is 17.7 Å². The monoisotopic (exact) mass is 270 g/mol. The predicted molar refractivity (Wildman–Crippen MR) is 70.1 cm³/mol. The summed E-state index contributed by atoms with van der Waals surface area (Å²) in [6.07, 6.45) is 1.71. The van der Waals surface area contributed by atoms with E-state index in [0.29, 0.717) is 11.4 Å². The summed E-state index contributed by atoms with van der Waals surface area (Å²) in [7, 11) is -2.15. The molecule has 0 amide bonds. The SMILES string of the molecule is COc1cc(C)c(N)cc1S(=O)(=O)NC1(C)CC1. The minimum Gasteiger partial charge on any atom is -0.495 e. The van der Waals surface area contributed by atoms with Crippen LogP contribution in [0.1, 0.15) is 25.3 Å². The van der Waals surface area contributed by atoms with Gasteiger partial charge in [0.2, 0.25) is 10.0 Å². The minimum absolute atomic E-state index is 0.0984. The highest BCUT2D eigenvalue weighted by atomic mass is 32.2. The van der Waals surface area contributed by atoms with Crippen LogP contribution in [0, 0.1) is 6.92 Å². The minimum atomic E-state index is -3.59. The zero-order chi connectivity index (χ0) is 13.6. The topological polar surface area (TPSA) is 81.4 Å². The maximum absolute atomic E-state index is 12.3. The molecule has 5 nitrogen and oxygen atoms in total. The average molecular weight is 270 g/mol. The van der Waals surface area contributed by atoms with Gasteiger partial charge in [-0.15, -0.1) is 0 Å². The van der Waals surface area contributed by atoms with Crippen molar-refractivity contribution in [1.29, 1.82) is 0 Å². The molecule has 0 spiro atoms. The second-order valence-electron chi connectivity index (χ2n) is 5.03. The Hall–Kier alpha value is -1.27. The lowest BCUT2D eigenvalue weighted by Crippen LogP contribution is -2.34. The molecule has 1 aromatic rings. The van der Waals surface area contributed by atoms with E-state index in [9.17, 15) is 8.42 Å². The quantitative estimate of drug-likeness (QED) is 0.811. The number of benzene rings is 1. The Bertz CT molecular complexity index is 577. The highest BCUT2D eigenvalue weighted by Gasteiger charge is 2.41. The summed E-state index contributed by atoms with van der Waals surface area (Å²) in [5.74, 6) is 0.318. The van der Waals surface area contributed by atoms with Crippen LogP contribution in [0.25, 0.3) is 0 Å². The van der Waals surface area contributed by atoms with Gasteiger partial charge in [-0.1, -0.05) is 0 Å². The number of aryl methyl sites for hydroxylation is 1. The van der Waals surface area contributed by atoms with Gasteiger partial charge in [0.05, 0.1) is 7.11 Å². The van der Waals surface area contributed by atoms with Crippen molar-refractivity contribution in [1.82, 2.24) is 4.72 Å². The normalized spacial score (nSPS) is 17.5. The van der Waals surface area contributed by atoms with Crippen LogP contribution in [0.15, 0.2) is 17.0 Å². The third kappa shape index (κ3) is 2.44. The summed E-state index contributed by atoms with van der Waals surface area (Å²) in [6.45, 7) is 3.69. The smallest absolute Gasteiger partial charge is 0.244 e. The molecule has 1 aliphatic carbocycles. The average Bonchev–Trinajstić information content (AvgIpc) is 2.98. The van der Waals surface area contributed by atoms with E-state index >= 15 is 0 Å². The number of nitrogen functional groups attached to an aromatic ring is 1. The van der Waals surface area contributed by atoms with E-state index in [0.717, 1.165) is 18.4 Å². The molecule has 0 saturated heterocycles. The number of rotatable bonds is 4. The summed E-state index contributed by atoms with van der Waals surface area (Å²) >= 11 is 0. The summed E-state index contributed by atoms with van der Waals surface area (Å²) in [4.78, 5) is 0.0984. The lowest BCUT2D eigenvalue weighted by molar-refractivity contribution is 0.401. The second-order valence-corrected chi connectivity index (χ2v) is 6.68. The second kappa shape index (κ2) is 4.13. The van der Waals surface area contributed by atoms with Crippen molar-refractivity contribution >= 4 is 15.7 Å². The lowest BCUT2D eigenvalue weighted by atomic mass is 10.2. The Balaban J connectivity index is 2.46. The zero-order valence-electron chi connectivity index (χ0n) is 10.8. The molecule has 0 aromatic heterocycles. The van der Waals surface area contributed by atoms with E-state index in [4.69, 9.17) is 10.5 Å². The first-order valence-corrected chi connectivity index (χ1v) is 7.24. The predicted octanol–water partition coefficient (Wildman–Crippen LogP) is 1.42. The van der Waals surface area contributed by atoms with Gasteiger partial charge in [0.15, 0.2) is 0 Å². The Morgan fingerprint density at radius 1 is 1.39 bits per heavy atom. The van der Waals surface area contributed by atoms with E-state index in [1.54, 1.807) is 6.07 Å². The molecule has 0 bridgehead atoms. The van der Waals surface area contributed by atoms with E-state index in [2.05, 4.69) is 4.72 Å². The molecule has 1 aliphatic rings.